The van der Waals surface area contributed by atoms with E-state index in [1.807, 2.05) is 18.7 Å². The molecule has 5 nitrogen and oxygen atoms in total. The van der Waals surface area contributed by atoms with Crippen LogP contribution in [-0.2, 0) is 0 Å². The second-order valence-corrected chi connectivity index (χ2v) is 4.79. The number of carbonyl (C=O) groups excluding carboxylic acids is 1. The van der Waals surface area contributed by atoms with Gasteiger partial charge in [-0.3, -0.25) is 4.79 Å². The zero-order chi connectivity index (χ0) is 17.4. The zero-order valence-corrected chi connectivity index (χ0v) is 12.4. The summed E-state index contributed by atoms with van der Waals surface area (Å²) in [7, 11) is 0. The van der Waals surface area contributed by atoms with Gasteiger partial charge in [0.05, 0.1) is 5.39 Å². The average molecular weight is 329 g/mol. The van der Waals surface area contributed by atoms with Crippen molar-refractivity contribution < 1.29 is 27.5 Å². The molecule has 0 saturated heterocycles. The maximum absolute atomic E-state index is 12.5. The molecule has 0 bridgehead atoms. The van der Waals surface area contributed by atoms with Crippen molar-refractivity contribution in [1.29, 1.82) is 0 Å². The van der Waals surface area contributed by atoms with E-state index >= 15 is 0 Å². The van der Waals surface area contributed by atoms with Crippen molar-refractivity contribution in [2.75, 3.05) is 18.0 Å². The highest BCUT2D eigenvalue weighted by Gasteiger charge is 2.43. The van der Waals surface area contributed by atoms with E-state index in [-0.39, 0.29) is 11.0 Å². The highest BCUT2D eigenvalue weighted by atomic mass is 19.4. The number of hydrogen-bond acceptors (Lipinski definition) is 5. The predicted molar refractivity (Wildman–Crippen MR) is 78.1 cm³/mol. The number of carbonyl (C=O) groups is 1. The molecule has 0 fully saturated rings. The van der Waals surface area contributed by atoms with Crippen molar-refractivity contribution >= 4 is 22.4 Å². The van der Waals surface area contributed by atoms with Crippen molar-refractivity contribution in [2.24, 2.45) is 0 Å². The molecule has 0 aliphatic carbocycles. The Labute approximate surface area is 128 Å². The molecule has 1 N–H and O–H groups in total. The summed E-state index contributed by atoms with van der Waals surface area (Å²) in [6, 6.07) is 4.32. The van der Waals surface area contributed by atoms with Crippen LogP contribution in [0.1, 0.15) is 24.2 Å². The van der Waals surface area contributed by atoms with E-state index in [9.17, 15) is 27.9 Å². The third-order valence-electron chi connectivity index (χ3n) is 3.48. The molecule has 0 aliphatic heterocycles. The highest BCUT2D eigenvalue weighted by Crippen LogP contribution is 2.32. The monoisotopic (exact) mass is 329 g/mol. The van der Waals surface area contributed by atoms with Gasteiger partial charge in [-0.1, -0.05) is 0 Å². The summed E-state index contributed by atoms with van der Waals surface area (Å²) >= 11 is 0. The van der Waals surface area contributed by atoms with Crippen LogP contribution in [0.2, 0.25) is 0 Å². The lowest BCUT2D eigenvalue weighted by Crippen LogP contribution is -2.28. The van der Waals surface area contributed by atoms with Gasteiger partial charge < -0.3 is 14.4 Å². The molecule has 0 amide bonds. The zero-order valence-electron chi connectivity index (χ0n) is 12.4. The van der Waals surface area contributed by atoms with Gasteiger partial charge in [0.15, 0.2) is 5.56 Å². The summed E-state index contributed by atoms with van der Waals surface area (Å²) in [5.74, 6) is -3.46. The third-order valence-corrected chi connectivity index (χ3v) is 3.48. The molecule has 2 rings (SSSR count). The van der Waals surface area contributed by atoms with Crippen molar-refractivity contribution in [3.05, 3.63) is 34.2 Å². The van der Waals surface area contributed by atoms with Crippen LogP contribution >= 0.6 is 0 Å². The van der Waals surface area contributed by atoms with Crippen LogP contribution < -0.4 is 10.5 Å². The summed E-state index contributed by atoms with van der Waals surface area (Å²) in [5.41, 5.74) is -2.33. The standard InChI is InChI=1S/C15H14F3NO4/c1-3-19(4-2)8-5-6-9-10(7-8)23-14(22)11(12(9)20)13(21)15(16,17)18/h5-7,20H,3-4H2,1-2H3. The number of nitrogens with zero attached hydrogens (tertiary/aromatic N) is 1. The van der Waals surface area contributed by atoms with Crippen molar-refractivity contribution in [3.63, 3.8) is 0 Å². The third kappa shape index (κ3) is 3.01. The number of ketones is 1. The molecule has 0 atom stereocenters. The molecule has 8 heteroatoms. The molecule has 2 aromatic rings. The topological polar surface area (TPSA) is 70.8 Å². The van der Waals surface area contributed by atoms with E-state index in [0.717, 1.165) is 0 Å². The Morgan fingerprint density at radius 3 is 2.39 bits per heavy atom. The number of alkyl halides is 3. The predicted octanol–water partition coefficient (Wildman–Crippen LogP) is 3.09. The minimum Gasteiger partial charge on any atom is -0.506 e. The number of benzene rings is 1. The van der Waals surface area contributed by atoms with Crippen molar-refractivity contribution in [1.82, 2.24) is 0 Å². The van der Waals surface area contributed by atoms with Gasteiger partial charge in [0, 0.05) is 24.8 Å². The number of hydrogen-bond donors (Lipinski definition) is 1. The van der Waals surface area contributed by atoms with Crippen molar-refractivity contribution in [2.45, 2.75) is 20.0 Å². The highest BCUT2D eigenvalue weighted by molar-refractivity contribution is 6.05. The van der Waals surface area contributed by atoms with E-state index in [2.05, 4.69) is 0 Å². The molecule has 23 heavy (non-hydrogen) atoms. The van der Waals surface area contributed by atoms with Gasteiger partial charge in [0.1, 0.15) is 11.3 Å². The molecular weight excluding hydrogens is 315 g/mol. The van der Waals surface area contributed by atoms with Gasteiger partial charge >= 0.3 is 11.8 Å². The van der Waals surface area contributed by atoms with Crippen LogP contribution in [0.25, 0.3) is 11.0 Å². The molecule has 0 spiro atoms. The molecule has 124 valence electrons. The Balaban J connectivity index is 2.68. The molecule has 0 unspecified atom stereocenters. The largest absolute Gasteiger partial charge is 0.506 e. The lowest BCUT2D eigenvalue weighted by molar-refractivity contribution is -0.0888. The van der Waals surface area contributed by atoms with Crippen LogP contribution in [0.4, 0.5) is 18.9 Å². The lowest BCUT2D eigenvalue weighted by atomic mass is 10.1. The Kier molecular flexibility index (Phi) is 4.35. The van der Waals surface area contributed by atoms with Crippen LogP contribution in [-0.4, -0.2) is 30.2 Å². The number of Topliss-reactive ketones (excluding diaryl/α,β-unsaturated/α-hetero) is 1. The minimum atomic E-state index is -5.28. The first-order chi connectivity index (χ1) is 10.7. The van der Waals surface area contributed by atoms with E-state index in [0.29, 0.717) is 18.8 Å². The quantitative estimate of drug-likeness (QED) is 0.689. The Morgan fingerprint density at radius 1 is 1.26 bits per heavy atom. The summed E-state index contributed by atoms with van der Waals surface area (Å²) in [6.45, 7) is 5.16. The van der Waals surface area contributed by atoms with E-state index in [1.54, 1.807) is 6.07 Å². The van der Waals surface area contributed by atoms with Crippen molar-refractivity contribution in [3.8, 4) is 5.75 Å². The van der Waals surface area contributed by atoms with E-state index in [4.69, 9.17) is 4.42 Å². The van der Waals surface area contributed by atoms with E-state index in [1.165, 1.54) is 12.1 Å². The van der Waals surface area contributed by atoms with Gasteiger partial charge in [-0.2, -0.15) is 13.2 Å². The Morgan fingerprint density at radius 2 is 1.87 bits per heavy atom. The Bertz CT molecular complexity index is 807. The van der Waals surface area contributed by atoms with Crippen LogP contribution in [0.3, 0.4) is 0 Å². The summed E-state index contributed by atoms with van der Waals surface area (Å²) in [6.07, 6.45) is -5.28. The SMILES string of the molecule is CCN(CC)c1ccc2c(O)c(C(=O)C(F)(F)F)c(=O)oc2c1. The molecule has 0 saturated carbocycles. The molecule has 0 radical (unpaired) electrons. The number of anilines is 1. The van der Waals surface area contributed by atoms with Gasteiger partial charge in [-0.05, 0) is 26.0 Å². The number of aromatic hydroxyl groups is 1. The number of halogens is 3. The average Bonchev–Trinajstić information content (AvgIpc) is 2.47. The molecule has 1 heterocycles. The maximum Gasteiger partial charge on any atom is 0.455 e. The number of rotatable bonds is 4. The minimum absolute atomic E-state index is 0.0874. The lowest BCUT2D eigenvalue weighted by Gasteiger charge is -2.21. The normalized spacial score (nSPS) is 11.7. The van der Waals surface area contributed by atoms with Gasteiger partial charge in [-0.25, -0.2) is 4.79 Å². The van der Waals surface area contributed by atoms with Gasteiger partial charge in [-0.15, -0.1) is 0 Å². The summed E-state index contributed by atoms with van der Waals surface area (Å²) < 4.78 is 42.3. The summed E-state index contributed by atoms with van der Waals surface area (Å²) in [5, 5.41) is 9.78. The molecular formula is C15H14F3NO4. The van der Waals surface area contributed by atoms with Gasteiger partial charge in [0.2, 0.25) is 0 Å². The fourth-order valence-electron chi connectivity index (χ4n) is 2.30. The van der Waals surface area contributed by atoms with Gasteiger partial charge in [0.25, 0.3) is 5.78 Å². The summed E-state index contributed by atoms with van der Waals surface area (Å²) in [4.78, 5) is 24.9. The first-order valence-corrected chi connectivity index (χ1v) is 6.87. The first kappa shape index (κ1) is 16.9. The first-order valence-electron chi connectivity index (χ1n) is 6.87. The van der Waals surface area contributed by atoms with E-state index < -0.39 is 28.9 Å². The second kappa shape index (κ2) is 5.94. The fourth-order valence-corrected chi connectivity index (χ4v) is 2.30. The molecule has 1 aromatic carbocycles. The van der Waals surface area contributed by atoms with Crippen LogP contribution in [0.15, 0.2) is 27.4 Å². The van der Waals surface area contributed by atoms with Crippen LogP contribution in [0.5, 0.6) is 5.75 Å². The molecule has 1 aromatic heterocycles. The Hall–Kier alpha value is -2.51. The second-order valence-electron chi connectivity index (χ2n) is 4.79. The van der Waals surface area contributed by atoms with Crippen LogP contribution in [0, 0.1) is 0 Å². The smallest absolute Gasteiger partial charge is 0.455 e. The molecule has 0 aliphatic rings. The number of fused-ring (bicyclic) bond motifs is 1. The maximum atomic E-state index is 12.5. The fraction of sp³-hybridized carbons (Fsp3) is 0.333.